The van der Waals surface area contributed by atoms with Gasteiger partial charge in [0.15, 0.2) is 0 Å². The number of aromatic nitrogens is 3. The number of aromatic amines is 1. The van der Waals surface area contributed by atoms with Gasteiger partial charge in [0.05, 0.1) is 6.20 Å². The highest BCUT2D eigenvalue weighted by Gasteiger charge is 2.08. The number of anilines is 1. The van der Waals surface area contributed by atoms with Gasteiger partial charge in [-0.15, -0.1) is 5.10 Å². The molecule has 2 heterocycles. The van der Waals surface area contributed by atoms with Crippen LogP contribution in [-0.2, 0) is 0 Å². The summed E-state index contributed by atoms with van der Waals surface area (Å²) in [5.41, 5.74) is 0.491. The van der Waals surface area contributed by atoms with Crippen molar-refractivity contribution in [3.8, 4) is 0 Å². The van der Waals surface area contributed by atoms with Crippen molar-refractivity contribution < 1.29 is 4.79 Å². The molecule has 0 aromatic carbocycles. The Labute approximate surface area is 91.8 Å². The largest absolute Gasteiger partial charge is 0.356 e. The van der Waals surface area contributed by atoms with E-state index in [-0.39, 0.29) is 5.91 Å². The molecular formula is C7H5BrN4OS. The summed E-state index contributed by atoms with van der Waals surface area (Å²) in [6, 6.07) is 1.70. The minimum atomic E-state index is -0.207. The molecule has 1 amide bonds. The topological polar surface area (TPSA) is 70.7 Å². The number of carbonyl (C=O) groups is 1. The summed E-state index contributed by atoms with van der Waals surface area (Å²) >= 11 is 4.38. The van der Waals surface area contributed by atoms with Crippen LogP contribution in [0.2, 0.25) is 0 Å². The van der Waals surface area contributed by atoms with Crippen LogP contribution in [0.15, 0.2) is 22.9 Å². The van der Waals surface area contributed by atoms with Gasteiger partial charge in [0.25, 0.3) is 5.91 Å². The number of hydrogen-bond donors (Lipinski definition) is 2. The molecule has 72 valence electrons. The number of hydrogen-bond acceptors (Lipinski definition) is 4. The van der Waals surface area contributed by atoms with Crippen LogP contribution in [0.4, 0.5) is 5.00 Å². The smallest absolute Gasteiger partial charge is 0.272 e. The molecule has 0 bridgehead atoms. The van der Waals surface area contributed by atoms with Crippen molar-refractivity contribution in [1.82, 2.24) is 14.6 Å². The molecule has 0 unspecified atom stereocenters. The third-order valence-corrected chi connectivity index (χ3v) is 2.53. The first kappa shape index (κ1) is 9.35. The number of nitrogens with zero attached hydrogens (tertiary/aromatic N) is 2. The van der Waals surface area contributed by atoms with E-state index in [2.05, 4.69) is 35.8 Å². The lowest BCUT2D eigenvalue weighted by Gasteiger charge is -1.96. The average molecular weight is 273 g/mol. The van der Waals surface area contributed by atoms with Crippen LogP contribution < -0.4 is 5.32 Å². The number of amides is 1. The Balaban J connectivity index is 2.10. The molecule has 0 fully saturated rings. The van der Waals surface area contributed by atoms with E-state index in [0.29, 0.717) is 10.7 Å². The maximum atomic E-state index is 11.5. The highest BCUT2D eigenvalue weighted by molar-refractivity contribution is 9.10. The molecule has 5 nitrogen and oxygen atoms in total. The zero-order chi connectivity index (χ0) is 9.97. The lowest BCUT2D eigenvalue weighted by atomic mass is 10.4. The first-order valence-corrected chi connectivity index (χ1v) is 5.25. The number of H-pyrrole nitrogens is 1. The van der Waals surface area contributed by atoms with E-state index in [9.17, 15) is 4.79 Å². The van der Waals surface area contributed by atoms with Crippen LogP contribution in [0.5, 0.6) is 0 Å². The van der Waals surface area contributed by atoms with Crippen LogP contribution in [0.25, 0.3) is 0 Å². The van der Waals surface area contributed by atoms with Crippen LogP contribution in [0.3, 0.4) is 0 Å². The van der Waals surface area contributed by atoms with Gasteiger partial charge >= 0.3 is 0 Å². The maximum absolute atomic E-state index is 11.5. The second kappa shape index (κ2) is 3.89. The van der Waals surface area contributed by atoms with Gasteiger partial charge in [0, 0.05) is 22.2 Å². The molecule has 0 atom stereocenters. The predicted molar refractivity (Wildman–Crippen MR) is 56.4 cm³/mol. The average Bonchev–Trinajstić information content (AvgIpc) is 2.75. The Morgan fingerprint density at radius 2 is 2.50 bits per heavy atom. The Morgan fingerprint density at radius 1 is 1.64 bits per heavy atom. The van der Waals surface area contributed by atoms with Gasteiger partial charge in [-0.25, -0.2) is 0 Å². The van der Waals surface area contributed by atoms with Crippen LogP contribution in [0.1, 0.15) is 10.5 Å². The molecule has 0 radical (unpaired) electrons. The Bertz CT molecular complexity index is 438. The number of halogens is 1. The van der Waals surface area contributed by atoms with Crippen LogP contribution >= 0.6 is 27.5 Å². The van der Waals surface area contributed by atoms with Crippen LogP contribution in [0, 0.1) is 0 Å². The Kier molecular flexibility index (Phi) is 2.60. The normalized spacial score (nSPS) is 10.1. The molecule has 2 aromatic heterocycles. The van der Waals surface area contributed by atoms with Crippen molar-refractivity contribution in [2.45, 2.75) is 0 Å². The quantitative estimate of drug-likeness (QED) is 0.877. The fourth-order valence-corrected chi connectivity index (χ4v) is 1.66. The van der Waals surface area contributed by atoms with Gasteiger partial charge < -0.3 is 10.3 Å². The molecule has 2 rings (SSSR count). The van der Waals surface area contributed by atoms with E-state index in [1.807, 2.05) is 0 Å². The summed E-state index contributed by atoms with van der Waals surface area (Å²) in [4.78, 5) is 14.3. The Morgan fingerprint density at radius 3 is 3.07 bits per heavy atom. The summed E-state index contributed by atoms with van der Waals surface area (Å²) in [6.45, 7) is 0. The SMILES string of the molecule is O=C(Nc1cnns1)c1cc(Br)c[nH]1. The van der Waals surface area contributed by atoms with Crippen molar-refractivity contribution in [2.24, 2.45) is 0 Å². The van der Waals surface area contributed by atoms with Crippen molar-refractivity contribution in [2.75, 3.05) is 5.32 Å². The first-order chi connectivity index (χ1) is 6.75. The minimum absolute atomic E-state index is 0.207. The fraction of sp³-hybridized carbons (Fsp3) is 0. The molecule has 0 aliphatic rings. The standard InChI is InChI=1S/C7H5BrN4OS/c8-4-1-5(9-2-4)7(13)11-6-3-10-12-14-6/h1-3,9H,(H,11,13). The van der Waals surface area contributed by atoms with Crippen molar-refractivity contribution in [3.05, 3.63) is 28.6 Å². The van der Waals surface area contributed by atoms with Crippen molar-refractivity contribution in [3.63, 3.8) is 0 Å². The molecule has 2 aromatic rings. The number of rotatable bonds is 2. The van der Waals surface area contributed by atoms with Crippen LogP contribution in [-0.4, -0.2) is 20.5 Å². The van der Waals surface area contributed by atoms with E-state index in [1.54, 1.807) is 12.3 Å². The van der Waals surface area contributed by atoms with Gasteiger partial charge in [-0.1, -0.05) is 4.49 Å². The molecule has 0 spiro atoms. The second-order valence-corrected chi connectivity index (χ2v) is 4.17. The fourth-order valence-electron chi connectivity index (χ4n) is 0.900. The third kappa shape index (κ3) is 1.99. The molecule has 0 aliphatic carbocycles. The maximum Gasteiger partial charge on any atom is 0.272 e. The third-order valence-electron chi connectivity index (χ3n) is 1.49. The molecule has 2 N–H and O–H groups in total. The summed E-state index contributed by atoms with van der Waals surface area (Å²) in [6.07, 6.45) is 3.19. The summed E-state index contributed by atoms with van der Waals surface area (Å²) in [5, 5.41) is 6.89. The highest BCUT2D eigenvalue weighted by Crippen LogP contribution is 2.14. The molecular weight excluding hydrogens is 268 g/mol. The van der Waals surface area contributed by atoms with E-state index in [4.69, 9.17) is 0 Å². The van der Waals surface area contributed by atoms with E-state index < -0.39 is 0 Å². The van der Waals surface area contributed by atoms with Crippen molar-refractivity contribution in [1.29, 1.82) is 0 Å². The highest BCUT2D eigenvalue weighted by atomic mass is 79.9. The minimum Gasteiger partial charge on any atom is -0.356 e. The monoisotopic (exact) mass is 272 g/mol. The second-order valence-electron chi connectivity index (χ2n) is 2.47. The van der Waals surface area contributed by atoms with Gasteiger partial charge in [-0.2, -0.15) is 0 Å². The lowest BCUT2D eigenvalue weighted by Crippen LogP contribution is -2.10. The zero-order valence-electron chi connectivity index (χ0n) is 6.82. The summed E-state index contributed by atoms with van der Waals surface area (Å²) in [7, 11) is 0. The molecule has 0 saturated heterocycles. The van der Waals surface area contributed by atoms with E-state index in [1.165, 1.54) is 6.20 Å². The summed E-state index contributed by atoms with van der Waals surface area (Å²) in [5.74, 6) is -0.207. The van der Waals surface area contributed by atoms with E-state index in [0.717, 1.165) is 16.0 Å². The predicted octanol–water partition coefficient (Wildman–Crippen LogP) is 1.88. The van der Waals surface area contributed by atoms with Gasteiger partial charge in [0.1, 0.15) is 10.7 Å². The summed E-state index contributed by atoms with van der Waals surface area (Å²) < 4.78 is 4.47. The lowest BCUT2D eigenvalue weighted by molar-refractivity contribution is 0.102. The molecule has 0 aliphatic heterocycles. The first-order valence-electron chi connectivity index (χ1n) is 3.68. The van der Waals surface area contributed by atoms with E-state index >= 15 is 0 Å². The molecule has 7 heteroatoms. The molecule has 14 heavy (non-hydrogen) atoms. The molecule has 0 saturated carbocycles. The van der Waals surface area contributed by atoms with Crippen molar-refractivity contribution >= 4 is 38.4 Å². The van der Waals surface area contributed by atoms with Gasteiger partial charge in [-0.05, 0) is 22.0 Å². The Hall–Kier alpha value is -1.21. The number of nitrogens with one attached hydrogen (secondary N) is 2. The van der Waals surface area contributed by atoms with Gasteiger partial charge in [-0.3, -0.25) is 4.79 Å². The zero-order valence-corrected chi connectivity index (χ0v) is 9.22. The number of carbonyl (C=O) groups excluding carboxylic acids is 1. The van der Waals surface area contributed by atoms with Gasteiger partial charge in [0.2, 0.25) is 0 Å².